The Morgan fingerprint density at radius 1 is 1.18 bits per heavy atom. The Morgan fingerprint density at radius 3 is 2.58 bits per heavy atom. The summed E-state index contributed by atoms with van der Waals surface area (Å²) in [5, 5.41) is 5.88. The second-order valence-electron chi connectivity index (χ2n) is 8.30. The van der Waals surface area contributed by atoms with Gasteiger partial charge >= 0.3 is 0 Å². The van der Waals surface area contributed by atoms with Crippen LogP contribution in [0.4, 0.5) is 5.69 Å². The highest BCUT2D eigenvalue weighted by atomic mass is 16.2. The van der Waals surface area contributed by atoms with E-state index in [1.165, 1.54) is 0 Å². The van der Waals surface area contributed by atoms with Gasteiger partial charge in [-0.15, -0.1) is 0 Å². The fraction of sp³-hybridized carbons (Fsp3) is 0.400. The highest BCUT2D eigenvalue weighted by Gasteiger charge is 2.26. The SMILES string of the molecule is CCN(CC)CCNC(=O)c1c(C)[nH]c(C=C2C(=O)Nc3ccc(CCC(N)=O)cc32)c1C. The largest absolute Gasteiger partial charge is 0.370 e. The van der Waals surface area contributed by atoms with Gasteiger partial charge in [-0.2, -0.15) is 0 Å². The topological polar surface area (TPSA) is 120 Å². The van der Waals surface area contributed by atoms with Crippen molar-refractivity contribution < 1.29 is 14.4 Å². The van der Waals surface area contributed by atoms with Gasteiger partial charge in [-0.3, -0.25) is 14.4 Å². The van der Waals surface area contributed by atoms with Crippen LogP contribution in [-0.2, 0) is 16.0 Å². The zero-order valence-electron chi connectivity index (χ0n) is 19.8. The van der Waals surface area contributed by atoms with Crippen molar-refractivity contribution in [1.82, 2.24) is 15.2 Å². The van der Waals surface area contributed by atoms with Crippen LogP contribution in [-0.4, -0.2) is 53.8 Å². The highest BCUT2D eigenvalue weighted by molar-refractivity contribution is 6.35. The second kappa shape index (κ2) is 10.5. The number of amides is 3. The number of nitrogens with two attached hydrogens (primary N) is 1. The molecule has 5 N–H and O–H groups in total. The molecule has 0 saturated heterocycles. The summed E-state index contributed by atoms with van der Waals surface area (Å²) in [6.45, 7) is 11.2. The molecule has 176 valence electrons. The Bertz CT molecular complexity index is 1100. The monoisotopic (exact) mass is 451 g/mol. The summed E-state index contributed by atoms with van der Waals surface area (Å²) in [6, 6.07) is 5.63. The van der Waals surface area contributed by atoms with Gasteiger partial charge in [0.15, 0.2) is 0 Å². The number of anilines is 1. The number of aryl methyl sites for hydroxylation is 2. The molecule has 8 nitrogen and oxygen atoms in total. The molecule has 0 radical (unpaired) electrons. The first-order valence-electron chi connectivity index (χ1n) is 11.4. The van der Waals surface area contributed by atoms with Gasteiger partial charge in [-0.1, -0.05) is 19.9 Å². The Balaban J connectivity index is 1.83. The normalized spacial score (nSPS) is 14.0. The fourth-order valence-electron chi connectivity index (χ4n) is 4.16. The number of fused-ring (bicyclic) bond motifs is 1. The first-order valence-corrected chi connectivity index (χ1v) is 11.4. The lowest BCUT2D eigenvalue weighted by atomic mass is 10.00. The van der Waals surface area contributed by atoms with Gasteiger partial charge < -0.3 is 26.3 Å². The van der Waals surface area contributed by atoms with Crippen molar-refractivity contribution in [1.29, 1.82) is 0 Å². The third-order valence-electron chi connectivity index (χ3n) is 6.13. The van der Waals surface area contributed by atoms with Crippen LogP contribution >= 0.6 is 0 Å². The average molecular weight is 452 g/mol. The van der Waals surface area contributed by atoms with Gasteiger partial charge in [-0.25, -0.2) is 0 Å². The Hall–Kier alpha value is -3.39. The number of hydrogen-bond acceptors (Lipinski definition) is 4. The molecule has 1 aliphatic rings. The van der Waals surface area contributed by atoms with Gasteiger partial charge in [0, 0.05) is 42.1 Å². The Labute approximate surface area is 194 Å². The number of hydrogen-bond donors (Lipinski definition) is 4. The summed E-state index contributed by atoms with van der Waals surface area (Å²) >= 11 is 0. The van der Waals surface area contributed by atoms with Crippen LogP contribution in [0.1, 0.15) is 58.7 Å². The zero-order valence-corrected chi connectivity index (χ0v) is 19.8. The van der Waals surface area contributed by atoms with Crippen LogP contribution in [0.2, 0.25) is 0 Å². The van der Waals surface area contributed by atoms with E-state index in [4.69, 9.17) is 5.73 Å². The molecule has 1 aromatic heterocycles. The third-order valence-corrected chi connectivity index (χ3v) is 6.13. The minimum Gasteiger partial charge on any atom is -0.370 e. The van der Waals surface area contributed by atoms with E-state index >= 15 is 0 Å². The molecule has 1 aromatic carbocycles. The zero-order chi connectivity index (χ0) is 24.1. The lowest BCUT2D eigenvalue weighted by molar-refractivity contribution is -0.118. The molecule has 2 heterocycles. The van der Waals surface area contributed by atoms with Gasteiger partial charge in [0.05, 0.1) is 11.1 Å². The molecule has 3 rings (SSSR count). The number of aromatic nitrogens is 1. The molecule has 0 fully saturated rings. The van der Waals surface area contributed by atoms with Gasteiger partial charge in [-0.05, 0) is 62.7 Å². The van der Waals surface area contributed by atoms with E-state index in [-0.39, 0.29) is 24.1 Å². The molecule has 0 atom stereocenters. The standard InChI is InChI=1S/C25H33N5O3/c1-5-30(6-2)12-11-27-25(33)23-15(3)21(28-16(23)4)14-19-18-13-17(8-10-22(26)31)7-9-20(18)29-24(19)32/h7,9,13-14,28H,5-6,8,10-12H2,1-4H3,(H2,26,31)(H,27,33)(H,29,32). The molecular formula is C25H33N5O3. The van der Waals surface area contributed by atoms with Crippen LogP contribution < -0.4 is 16.4 Å². The van der Waals surface area contributed by atoms with Crippen molar-refractivity contribution in [2.45, 2.75) is 40.5 Å². The van der Waals surface area contributed by atoms with Crippen LogP contribution in [0.25, 0.3) is 11.6 Å². The van der Waals surface area contributed by atoms with Crippen molar-refractivity contribution in [3.05, 3.63) is 51.8 Å². The number of primary amides is 1. The summed E-state index contributed by atoms with van der Waals surface area (Å²) in [5.74, 6) is -0.683. The lowest BCUT2D eigenvalue weighted by Gasteiger charge is -2.18. The van der Waals surface area contributed by atoms with Gasteiger partial charge in [0.25, 0.3) is 11.8 Å². The van der Waals surface area contributed by atoms with Crippen molar-refractivity contribution in [3.8, 4) is 0 Å². The Kier molecular flexibility index (Phi) is 7.71. The van der Waals surface area contributed by atoms with Crippen molar-refractivity contribution >= 4 is 35.1 Å². The summed E-state index contributed by atoms with van der Waals surface area (Å²) in [4.78, 5) is 42.1. The maximum atomic E-state index is 12.8. The molecule has 0 saturated carbocycles. The lowest BCUT2D eigenvalue weighted by Crippen LogP contribution is -2.35. The van der Waals surface area contributed by atoms with Crippen LogP contribution in [0, 0.1) is 13.8 Å². The van der Waals surface area contributed by atoms with E-state index in [1.54, 1.807) is 6.08 Å². The molecule has 0 unspecified atom stereocenters. The first kappa shape index (κ1) is 24.3. The van der Waals surface area contributed by atoms with Gasteiger partial charge in [0.2, 0.25) is 5.91 Å². The summed E-state index contributed by atoms with van der Waals surface area (Å²) in [5.41, 5.74) is 11.1. The van der Waals surface area contributed by atoms with E-state index < -0.39 is 0 Å². The van der Waals surface area contributed by atoms with E-state index in [0.717, 1.165) is 53.4 Å². The smallest absolute Gasteiger partial charge is 0.256 e. The number of H-pyrrole nitrogens is 1. The van der Waals surface area contributed by atoms with E-state index in [0.29, 0.717) is 24.1 Å². The molecule has 33 heavy (non-hydrogen) atoms. The Morgan fingerprint density at radius 2 is 1.91 bits per heavy atom. The highest BCUT2D eigenvalue weighted by Crippen LogP contribution is 2.35. The van der Waals surface area contributed by atoms with E-state index in [9.17, 15) is 14.4 Å². The average Bonchev–Trinajstić information content (AvgIpc) is 3.24. The predicted octanol–water partition coefficient (Wildman–Crippen LogP) is 2.61. The minimum atomic E-state index is -0.360. The molecule has 3 amide bonds. The van der Waals surface area contributed by atoms with Crippen LogP contribution in [0.3, 0.4) is 0 Å². The summed E-state index contributed by atoms with van der Waals surface area (Å²) in [7, 11) is 0. The number of aromatic amines is 1. The quantitative estimate of drug-likeness (QED) is 0.415. The number of carbonyl (C=O) groups is 3. The molecule has 0 bridgehead atoms. The molecule has 0 spiro atoms. The molecule has 1 aliphatic heterocycles. The number of nitrogens with zero attached hydrogens (tertiary/aromatic N) is 1. The maximum Gasteiger partial charge on any atom is 0.256 e. The number of nitrogens with one attached hydrogen (secondary N) is 3. The van der Waals surface area contributed by atoms with Crippen LogP contribution in [0.5, 0.6) is 0 Å². The first-order chi connectivity index (χ1) is 15.7. The summed E-state index contributed by atoms with van der Waals surface area (Å²) in [6.07, 6.45) is 2.55. The number of carbonyl (C=O) groups excluding carboxylic acids is 3. The van der Waals surface area contributed by atoms with Crippen molar-refractivity contribution in [3.63, 3.8) is 0 Å². The van der Waals surface area contributed by atoms with E-state index in [2.05, 4.69) is 34.4 Å². The minimum absolute atomic E-state index is 0.122. The van der Waals surface area contributed by atoms with Gasteiger partial charge in [0.1, 0.15) is 0 Å². The van der Waals surface area contributed by atoms with Crippen LogP contribution in [0.15, 0.2) is 18.2 Å². The van der Waals surface area contributed by atoms with Crippen molar-refractivity contribution in [2.24, 2.45) is 5.73 Å². The fourth-order valence-corrected chi connectivity index (χ4v) is 4.16. The predicted molar refractivity (Wildman–Crippen MR) is 131 cm³/mol. The molecule has 2 aromatic rings. The molecule has 0 aliphatic carbocycles. The molecular weight excluding hydrogens is 418 g/mol. The number of rotatable bonds is 10. The van der Waals surface area contributed by atoms with E-state index in [1.807, 2.05) is 32.0 Å². The maximum absolute atomic E-state index is 12.8. The number of benzene rings is 1. The number of likely N-dealkylation sites (N-methyl/N-ethyl adjacent to an activating group) is 1. The molecule has 8 heteroatoms. The summed E-state index contributed by atoms with van der Waals surface area (Å²) < 4.78 is 0. The van der Waals surface area contributed by atoms with Crippen molar-refractivity contribution in [2.75, 3.05) is 31.5 Å². The third kappa shape index (κ3) is 5.51. The second-order valence-corrected chi connectivity index (χ2v) is 8.30.